The Morgan fingerprint density at radius 1 is 1.00 bits per heavy atom. The van der Waals surface area contributed by atoms with Gasteiger partial charge in [-0.3, -0.25) is 14.6 Å². The van der Waals surface area contributed by atoms with Crippen molar-refractivity contribution in [3.63, 3.8) is 0 Å². The number of benzene rings is 2. The quantitative estimate of drug-likeness (QED) is 0.654. The monoisotopic (exact) mass is 393 g/mol. The number of halogens is 1. The molecule has 2 aromatic carbocycles. The second-order valence-electron chi connectivity index (χ2n) is 6.45. The summed E-state index contributed by atoms with van der Waals surface area (Å²) in [6.45, 7) is 3.78. The Kier molecular flexibility index (Phi) is 6.06. The van der Waals surface area contributed by atoms with Gasteiger partial charge in [0.1, 0.15) is 5.69 Å². The van der Waals surface area contributed by atoms with Gasteiger partial charge in [-0.15, -0.1) is 0 Å². The molecule has 0 saturated heterocycles. The Hall–Kier alpha value is -3.18. The number of carbonyl (C=O) groups is 2. The second-order valence-corrected chi connectivity index (χ2v) is 6.89. The minimum atomic E-state index is -0.406. The van der Waals surface area contributed by atoms with E-state index in [4.69, 9.17) is 11.6 Å². The van der Waals surface area contributed by atoms with Crippen LogP contribution in [-0.2, 0) is 0 Å². The predicted octanol–water partition coefficient (Wildman–Crippen LogP) is 4.79. The van der Waals surface area contributed by atoms with Crippen molar-refractivity contribution in [2.75, 3.05) is 5.32 Å². The summed E-state index contributed by atoms with van der Waals surface area (Å²) in [5, 5.41) is 6.24. The van der Waals surface area contributed by atoms with Crippen LogP contribution in [0.1, 0.15) is 44.9 Å². The van der Waals surface area contributed by atoms with Crippen LogP contribution in [0.2, 0.25) is 5.02 Å². The van der Waals surface area contributed by atoms with E-state index < -0.39 is 5.91 Å². The van der Waals surface area contributed by atoms with E-state index in [1.807, 2.05) is 50.2 Å². The molecule has 0 aliphatic rings. The van der Waals surface area contributed by atoms with E-state index >= 15 is 0 Å². The van der Waals surface area contributed by atoms with Gasteiger partial charge in [0.2, 0.25) is 0 Å². The van der Waals surface area contributed by atoms with Gasteiger partial charge in [0.25, 0.3) is 11.8 Å². The van der Waals surface area contributed by atoms with E-state index in [0.717, 1.165) is 11.1 Å². The topological polar surface area (TPSA) is 71.1 Å². The number of aromatic nitrogens is 1. The molecule has 1 heterocycles. The van der Waals surface area contributed by atoms with Crippen LogP contribution >= 0.6 is 11.6 Å². The van der Waals surface area contributed by atoms with E-state index in [1.165, 1.54) is 12.3 Å². The first-order valence-electron chi connectivity index (χ1n) is 8.83. The molecule has 0 radical (unpaired) electrons. The number of amides is 2. The van der Waals surface area contributed by atoms with Crippen LogP contribution in [0.25, 0.3) is 0 Å². The van der Waals surface area contributed by atoms with Crippen molar-refractivity contribution < 1.29 is 9.59 Å². The minimum absolute atomic E-state index is 0.152. The number of nitrogens with zero attached hydrogens (tertiary/aromatic N) is 1. The highest BCUT2D eigenvalue weighted by atomic mass is 35.5. The molecule has 5 nitrogen and oxygen atoms in total. The molecule has 3 rings (SSSR count). The van der Waals surface area contributed by atoms with Crippen LogP contribution < -0.4 is 10.6 Å². The van der Waals surface area contributed by atoms with E-state index in [-0.39, 0.29) is 17.6 Å². The Bertz CT molecular complexity index is 1010. The number of aryl methyl sites for hydroxylation is 1. The van der Waals surface area contributed by atoms with Crippen LogP contribution in [0, 0.1) is 6.92 Å². The average Bonchev–Trinajstić information content (AvgIpc) is 2.71. The molecule has 1 unspecified atom stereocenters. The summed E-state index contributed by atoms with van der Waals surface area (Å²) in [5.41, 5.74) is 3.00. The first-order chi connectivity index (χ1) is 13.4. The number of pyridine rings is 1. The SMILES string of the molecule is Cc1ccc(Cl)cc1NC(=O)c1cc(C(=O)NC(C)c2ccccc2)ccn1. The summed E-state index contributed by atoms with van der Waals surface area (Å²) >= 11 is 5.99. The molecule has 0 spiro atoms. The number of rotatable bonds is 5. The van der Waals surface area contributed by atoms with Crippen LogP contribution in [0.15, 0.2) is 66.9 Å². The zero-order valence-corrected chi connectivity index (χ0v) is 16.3. The number of carbonyl (C=O) groups excluding carboxylic acids is 2. The van der Waals surface area contributed by atoms with Crippen molar-refractivity contribution in [1.29, 1.82) is 0 Å². The maximum Gasteiger partial charge on any atom is 0.274 e. The fraction of sp³-hybridized carbons (Fsp3) is 0.136. The Labute approximate surface area is 168 Å². The third-order valence-electron chi connectivity index (χ3n) is 4.35. The van der Waals surface area contributed by atoms with Crippen molar-refractivity contribution in [2.45, 2.75) is 19.9 Å². The van der Waals surface area contributed by atoms with Gasteiger partial charge in [0, 0.05) is 22.5 Å². The van der Waals surface area contributed by atoms with Gasteiger partial charge >= 0.3 is 0 Å². The van der Waals surface area contributed by atoms with Gasteiger partial charge in [0.05, 0.1) is 6.04 Å². The minimum Gasteiger partial charge on any atom is -0.346 e. The van der Waals surface area contributed by atoms with Crippen molar-refractivity contribution in [3.8, 4) is 0 Å². The third kappa shape index (κ3) is 4.75. The number of anilines is 1. The number of hydrogen-bond donors (Lipinski definition) is 2. The molecular weight excluding hydrogens is 374 g/mol. The van der Waals surface area contributed by atoms with Crippen LogP contribution in [0.5, 0.6) is 0 Å². The lowest BCUT2D eigenvalue weighted by Crippen LogP contribution is -2.27. The van der Waals surface area contributed by atoms with Crippen LogP contribution in [0.4, 0.5) is 5.69 Å². The van der Waals surface area contributed by atoms with Gasteiger partial charge < -0.3 is 10.6 Å². The predicted molar refractivity (Wildman–Crippen MR) is 111 cm³/mol. The summed E-state index contributed by atoms with van der Waals surface area (Å²) < 4.78 is 0. The summed E-state index contributed by atoms with van der Waals surface area (Å²) in [6.07, 6.45) is 1.45. The highest BCUT2D eigenvalue weighted by Gasteiger charge is 2.15. The summed E-state index contributed by atoms with van der Waals surface area (Å²) in [4.78, 5) is 29.2. The lowest BCUT2D eigenvalue weighted by Gasteiger charge is -2.14. The Morgan fingerprint density at radius 2 is 1.75 bits per heavy atom. The Morgan fingerprint density at radius 3 is 2.50 bits per heavy atom. The average molecular weight is 394 g/mol. The molecule has 0 aliphatic carbocycles. The zero-order chi connectivity index (χ0) is 20.1. The molecule has 142 valence electrons. The highest BCUT2D eigenvalue weighted by molar-refractivity contribution is 6.31. The molecule has 3 aromatic rings. The van der Waals surface area contributed by atoms with Gasteiger partial charge in [-0.25, -0.2) is 0 Å². The maximum absolute atomic E-state index is 12.6. The van der Waals surface area contributed by atoms with Gasteiger partial charge in [-0.2, -0.15) is 0 Å². The smallest absolute Gasteiger partial charge is 0.274 e. The first kappa shape index (κ1) is 19.6. The summed E-state index contributed by atoms with van der Waals surface area (Å²) in [7, 11) is 0. The molecule has 0 bridgehead atoms. The van der Waals surface area contributed by atoms with Gasteiger partial charge in [0.15, 0.2) is 0 Å². The van der Waals surface area contributed by atoms with Crippen molar-refractivity contribution >= 4 is 29.1 Å². The van der Waals surface area contributed by atoms with E-state index in [1.54, 1.807) is 18.2 Å². The van der Waals surface area contributed by atoms with Gasteiger partial charge in [-0.1, -0.05) is 48.0 Å². The molecule has 28 heavy (non-hydrogen) atoms. The van der Waals surface area contributed by atoms with Crippen molar-refractivity contribution in [1.82, 2.24) is 10.3 Å². The largest absolute Gasteiger partial charge is 0.346 e. The fourth-order valence-electron chi connectivity index (χ4n) is 2.72. The molecule has 0 fully saturated rings. The molecule has 0 saturated carbocycles. The van der Waals surface area contributed by atoms with Crippen LogP contribution in [0.3, 0.4) is 0 Å². The Balaban J connectivity index is 1.73. The first-order valence-corrected chi connectivity index (χ1v) is 9.21. The highest BCUT2D eigenvalue weighted by Crippen LogP contribution is 2.21. The van der Waals surface area contributed by atoms with E-state index in [2.05, 4.69) is 15.6 Å². The molecular formula is C22H20ClN3O2. The molecule has 6 heteroatoms. The standard InChI is InChI=1S/C22H20ClN3O2/c1-14-8-9-18(23)13-19(14)26-22(28)20-12-17(10-11-24-20)21(27)25-15(2)16-6-4-3-5-7-16/h3-13,15H,1-2H3,(H,25,27)(H,26,28). The molecule has 1 aromatic heterocycles. The third-order valence-corrected chi connectivity index (χ3v) is 4.58. The fourth-order valence-corrected chi connectivity index (χ4v) is 2.89. The second kappa shape index (κ2) is 8.67. The molecule has 1 atom stereocenters. The normalized spacial score (nSPS) is 11.5. The van der Waals surface area contributed by atoms with Crippen molar-refractivity contribution in [2.24, 2.45) is 0 Å². The summed E-state index contributed by atoms with van der Waals surface area (Å²) in [5.74, 6) is -0.678. The summed E-state index contributed by atoms with van der Waals surface area (Å²) in [6, 6.07) is 17.8. The van der Waals surface area contributed by atoms with E-state index in [0.29, 0.717) is 16.3 Å². The number of hydrogen-bond acceptors (Lipinski definition) is 3. The lowest BCUT2D eigenvalue weighted by molar-refractivity contribution is 0.0939. The molecule has 2 amide bonds. The zero-order valence-electron chi connectivity index (χ0n) is 15.6. The number of nitrogens with one attached hydrogen (secondary N) is 2. The molecule has 0 aliphatic heterocycles. The van der Waals surface area contributed by atoms with Crippen LogP contribution in [-0.4, -0.2) is 16.8 Å². The molecule has 2 N–H and O–H groups in total. The lowest BCUT2D eigenvalue weighted by atomic mass is 10.1. The maximum atomic E-state index is 12.6. The van der Waals surface area contributed by atoms with E-state index in [9.17, 15) is 9.59 Å². The van der Waals surface area contributed by atoms with Gasteiger partial charge in [-0.05, 0) is 49.2 Å². The van der Waals surface area contributed by atoms with Crippen molar-refractivity contribution in [3.05, 3.63) is 94.3 Å².